The summed E-state index contributed by atoms with van der Waals surface area (Å²) in [5, 5.41) is 0. The Morgan fingerprint density at radius 1 is 1.42 bits per heavy atom. The maximum absolute atomic E-state index is 5.95. The highest BCUT2D eigenvalue weighted by Crippen LogP contribution is 2.31. The molecule has 1 heterocycles. The molecular weight excluding hydrogens is 244 g/mol. The van der Waals surface area contributed by atoms with Crippen molar-refractivity contribution in [3.05, 3.63) is 23.3 Å². The average Bonchev–Trinajstić information content (AvgIpc) is 2.43. The molecule has 0 aliphatic carbocycles. The molecule has 1 aliphatic rings. The molecule has 0 saturated carbocycles. The van der Waals surface area contributed by atoms with Crippen molar-refractivity contribution in [2.75, 3.05) is 39.3 Å². The van der Waals surface area contributed by atoms with Crippen LogP contribution in [0.5, 0.6) is 5.75 Å². The van der Waals surface area contributed by atoms with Gasteiger partial charge in [-0.2, -0.15) is 0 Å². The molecule has 0 radical (unpaired) electrons. The summed E-state index contributed by atoms with van der Waals surface area (Å²) >= 11 is 0. The lowest BCUT2D eigenvalue weighted by Gasteiger charge is -2.25. The van der Waals surface area contributed by atoms with Crippen molar-refractivity contribution in [1.29, 1.82) is 0 Å². The van der Waals surface area contributed by atoms with E-state index in [9.17, 15) is 0 Å². The first-order chi connectivity index (χ1) is 9.24. The second kappa shape index (κ2) is 6.75. The van der Waals surface area contributed by atoms with Crippen molar-refractivity contribution in [3.63, 3.8) is 0 Å². The lowest BCUT2D eigenvalue weighted by molar-refractivity contribution is -0.0174. The molecule has 1 aliphatic heterocycles. The highest BCUT2D eigenvalue weighted by atomic mass is 16.7. The average molecular weight is 266 g/mol. The Labute approximate surface area is 114 Å². The van der Waals surface area contributed by atoms with Crippen molar-refractivity contribution in [3.8, 4) is 5.75 Å². The van der Waals surface area contributed by atoms with Gasteiger partial charge in [-0.05, 0) is 18.7 Å². The van der Waals surface area contributed by atoms with Crippen molar-refractivity contribution >= 4 is 5.69 Å². The maximum atomic E-state index is 5.95. The fourth-order valence-corrected chi connectivity index (χ4v) is 2.25. The zero-order chi connectivity index (χ0) is 13.7. The molecule has 19 heavy (non-hydrogen) atoms. The predicted octanol–water partition coefficient (Wildman–Crippen LogP) is 1.60. The minimum atomic E-state index is 0.314. The van der Waals surface area contributed by atoms with Crippen molar-refractivity contribution < 1.29 is 14.2 Å². The van der Waals surface area contributed by atoms with E-state index in [1.54, 1.807) is 7.11 Å². The van der Waals surface area contributed by atoms with E-state index >= 15 is 0 Å². The number of anilines is 1. The first-order valence-electron chi connectivity index (χ1n) is 6.57. The molecule has 5 nitrogen and oxygen atoms in total. The van der Waals surface area contributed by atoms with Gasteiger partial charge in [-0.15, -0.1) is 0 Å². The first-order valence-corrected chi connectivity index (χ1v) is 6.57. The zero-order valence-electron chi connectivity index (χ0n) is 11.6. The number of methoxy groups -OCH3 is 1. The third kappa shape index (κ3) is 3.59. The van der Waals surface area contributed by atoms with Gasteiger partial charge in [0, 0.05) is 37.0 Å². The van der Waals surface area contributed by atoms with E-state index in [-0.39, 0.29) is 0 Å². The number of hydrogen-bond acceptors (Lipinski definition) is 5. The summed E-state index contributed by atoms with van der Waals surface area (Å²) in [4.78, 5) is 2.30. The van der Waals surface area contributed by atoms with Crippen LogP contribution in [0.1, 0.15) is 18.1 Å². The molecular formula is C14H22N2O3. The van der Waals surface area contributed by atoms with Gasteiger partial charge in [0.05, 0.1) is 13.2 Å². The summed E-state index contributed by atoms with van der Waals surface area (Å²) in [6.07, 6.45) is 0. The molecule has 0 saturated heterocycles. The van der Waals surface area contributed by atoms with E-state index in [1.165, 1.54) is 0 Å². The highest BCUT2D eigenvalue weighted by molar-refractivity contribution is 5.53. The van der Waals surface area contributed by atoms with Gasteiger partial charge in [-0.1, -0.05) is 6.92 Å². The number of nitrogen functional groups attached to an aromatic ring is 1. The number of likely N-dealkylation sites (N-methyl/N-ethyl adjacent to an activating group) is 1. The summed E-state index contributed by atoms with van der Waals surface area (Å²) in [6, 6.07) is 3.91. The van der Waals surface area contributed by atoms with Crippen LogP contribution in [0, 0.1) is 0 Å². The van der Waals surface area contributed by atoms with Gasteiger partial charge < -0.3 is 19.9 Å². The Hall–Kier alpha value is -1.30. The molecule has 5 heteroatoms. The number of nitrogens with zero attached hydrogens (tertiary/aromatic N) is 1. The Bertz CT molecular complexity index is 423. The molecule has 2 rings (SSSR count). The third-order valence-electron chi connectivity index (χ3n) is 3.26. The molecule has 2 N–H and O–H groups in total. The second-order valence-electron chi connectivity index (χ2n) is 4.64. The van der Waals surface area contributed by atoms with Crippen LogP contribution in [0.25, 0.3) is 0 Å². The quantitative estimate of drug-likeness (QED) is 0.793. The largest absolute Gasteiger partial charge is 0.467 e. The number of hydrogen-bond donors (Lipinski definition) is 1. The fraction of sp³-hybridized carbons (Fsp3) is 0.571. The normalized spacial score (nSPS) is 14.3. The number of nitrogens with two attached hydrogens (primary N) is 1. The van der Waals surface area contributed by atoms with Gasteiger partial charge in [0.15, 0.2) is 6.79 Å². The Kier molecular flexibility index (Phi) is 5.01. The summed E-state index contributed by atoms with van der Waals surface area (Å²) in [5.41, 5.74) is 8.85. The predicted molar refractivity (Wildman–Crippen MR) is 74.0 cm³/mol. The summed E-state index contributed by atoms with van der Waals surface area (Å²) in [7, 11) is 1.72. The van der Waals surface area contributed by atoms with Crippen LogP contribution in [0.15, 0.2) is 12.1 Å². The smallest absolute Gasteiger partial charge is 0.189 e. The van der Waals surface area contributed by atoms with Crippen LogP contribution in [0.4, 0.5) is 5.69 Å². The molecule has 0 aromatic heterocycles. The van der Waals surface area contributed by atoms with Gasteiger partial charge in [-0.25, -0.2) is 0 Å². The minimum Gasteiger partial charge on any atom is -0.467 e. The van der Waals surface area contributed by atoms with E-state index in [0.717, 1.165) is 48.8 Å². The highest BCUT2D eigenvalue weighted by Gasteiger charge is 2.17. The van der Waals surface area contributed by atoms with Gasteiger partial charge in [0.25, 0.3) is 0 Å². The third-order valence-corrected chi connectivity index (χ3v) is 3.26. The molecule has 1 aromatic carbocycles. The molecule has 0 unspecified atom stereocenters. The second-order valence-corrected chi connectivity index (χ2v) is 4.64. The standard InChI is InChI=1S/C14H22N2O3/c1-3-16(4-5-17-2)8-11-6-13(15)7-12-9-18-10-19-14(11)12/h6-7H,3-5,8-10,15H2,1-2H3. The van der Waals surface area contributed by atoms with Crippen LogP contribution in [-0.4, -0.2) is 38.5 Å². The molecule has 0 bridgehead atoms. The number of benzene rings is 1. The first kappa shape index (κ1) is 14.1. The van der Waals surface area contributed by atoms with E-state index < -0.39 is 0 Å². The van der Waals surface area contributed by atoms with Crippen molar-refractivity contribution in [1.82, 2.24) is 4.90 Å². The molecule has 106 valence electrons. The maximum Gasteiger partial charge on any atom is 0.189 e. The molecule has 0 atom stereocenters. The zero-order valence-corrected chi connectivity index (χ0v) is 11.6. The summed E-state index contributed by atoms with van der Waals surface area (Å²) in [6.45, 7) is 6.41. The molecule has 1 aromatic rings. The lowest BCUT2D eigenvalue weighted by atomic mass is 10.1. The number of ether oxygens (including phenoxy) is 3. The number of fused-ring (bicyclic) bond motifs is 1. The van der Waals surface area contributed by atoms with Crippen molar-refractivity contribution in [2.45, 2.75) is 20.1 Å². The van der Waals surface area contributed by atoms with E-state index in [2.05, 4.69) is 11.8 Å². The van der Waals surface area contributed by atoms with Gasteiger partial charge in [0.2, 0.25) is 0 Å². The number of rotatable bonds is 6. The minimum absolute atomic E-state index is 0.314. The van der Waals surface area contributed by atoms with Crippen LogP contribution in [0.3, 0.4) is 0 Å². The van der Waals surface area contributed by atoms with Gasteiger partial charge >= 0.3 is 0 Å². The summed E-state index contributed by atoms with van der Waals surface area (Å²) < 4.78 is 16.0. The molecule has 0 amide bonds. The van der Waals surface area contributed by atoms with Gasteiger partial charge in [0.1, 0.15) is 5.75 Å². The van der Waals surface area contributed by atoms with Gasteiger partial charge in [-0.3, -0.25) is 4.90 Å². The Morgan fingerprint density at radius 2 is 2.26 bits per heavy atom. The Balaban J connectivity index is 2.16. The van der Waals surface area contributed by atoms with Crippen molar-refractivity contribution in [2.24, 2.45) is 0 Å². The van der Waals surface area contributed by atoms with E-state index in [1.807, 2.05) is 12.1 Å². The Morgan fingerprint density at radius 3 is 3.00 bits per heavy atom. The lowest BCUT2D eigenvalue weighted by Crippen LogP contribution is -2.27. The monoisotopic (exact) mass is 266 g/mol. The topological polar surface area (TPSA) is 57.0 Å². The fourth-order valence-electron chi connectivity index (χ4n) is 2.25. The summed E-state index contributed by atoms with van der Waals surface area (Å²) in [5.74, 6) is 0.927. The van der Waals surface area contributed by atoms with Crippen LogP contribution < -0.4 is 10.5 Å². The SMILES string of the molecule is CCN(CCOC)Cc1cc(N)cc2c1OCOC2. The molecule has 0 spiro atoms. The van der Waals surface area contributed by atoms with E-state index in [0.29, 0.717) is 13.4 Å². The molecule has 0 fully saturated rings. The van der Waals surface area contributed by atoms with Crippen LogP contribution in [0.2, 0.25) is 0 Å². The van der Waals surface area contributed by atoms with Crippen LogP contribution in [-0.2, 0) is 22.6 Å². The van der Waals surface area contributed by atoms with E-state index in [4.69, 9.17) is 19.9 Å². The van der Waals surface area contributed by atoms with Crippen LogP contribution >= 0.6 is 0 Å².